The lowest BCUT2D eigenvalue weighted by molar-refractivity contribution is -0.142. The first kappa shape index (κ1) is 16.5. The van der Waals surface area contributed by atoms with Crippen molar-refractivity contribution in [2.45, 2.75) is 39.3 Å². The Morgan fingerprint density at radius 2 is 2.15 bits per heavy atom. The number of ether oxygens (including phenoxy) is 2. The minimum absolute atomic E-state index is 0.0798. The third-order valence-electron chi connectivity index (χ3n) is 3.24. The number of carboxylic acids is 1. The van der Waals surface area contributed by atoms with Crippen molar-refractivity contribution in [3.05, 3.63) is 12.7 Å². The number of alkyl carbamates (subject to hydrolysis) is 1. The average Bonchev–Trinajstić information content (AvgIpc) is 2.72. The number of nitrogens with one attached hydrogen (secondary N) is 1. The molecule has 1 aliphatic rings. The number of hydrogen-bond acceptors (Lipinski definition) is 4. The molecule has 0 radical (unpaired) electrons. The van der Waals surface area contributed by atoms with Crippen LogP contribution in [0.5, 0.6) is 0 Å². The topological polar surface area (TPSA) is 84.9 Å². The molecule has 2 unspecified atom stereocenters. The summed E-state index contributed by atoms with van der Waals surface area (Å²) in [5.74, 6) is -1.00. The number of hydrogen-bond donors (Lipinski definition) is 2. The molecule has 20 heavy (non-hydrogen) atoms. The Labute approximate surface area is 119 Å². The average molecular weight is 285 g/mol. The van der Waals surface area contributed by atoms with Gasteiger partial charge in [-0.1, -0.05) is 26.8 Å². The molecule has 0 spiro atoms. The molecule has 1 amide bonds. The maximum atomic E-state index is 11.8. The van der Waals surface area contributed by atoms with Crippen LogP contribution in [0.1, 0.15) is 27.2 Å². The van der Waals surface area contributed by atoms with E-state index >= 15 is 0 Å². The second kappa shape index (κ2) is 6.74. The highest BCUT2D eigenvalue weighted by molar-refractivity contribution is 5.80. The molecule has 1 fully saturated rings. The van der Waals surface area contributed by atoms with Crippen molar-refractivity contribution in [3.8, 4) is 0 Å². The van der Waals surface area contributed by atoms with E-state index < -0.39 is 23.5 Å². The highest BCUT2D eigenvalue weighted by Crippen LogP contribution is 2.22. The first-order valence-electron chi connectivity index (χ1n) is 6.64. The molecule has 0 aromatic heterocycles. The second-order valence-corrected chi connectivity index (χ2v) is 6.05. The zero-order valence-electron chi connectivity index (χ0n) is 12.2. The fourth-order valence-electron chi connectivity index (χ4n) is 2.08. The van der Waals surface area contributed by atoms with Gasteiger partial charge in [0.05, 0.1) is 13.2 Å². The monoisotopic (exact) mass is 285 g/mol. The van der Waals surface area contributed by atoms with Gasteiger partial charge >= 0.3 is 12.1 Å². The Balaban J connectivity index is 2.58. The van der Waals surface area contributed by atoms with Crippen molar-refractivity contribution < 1.29 is 24.2 Å². The SMILES string of the molecule is C=CCC1COCC1OC(=O)N[C@H](C(=O)O)C(C)(C)C. The minimum Gasteiger partial charge on any atom is -0.480 e. The standard InChI is InChI=1S/C14H23NO5/c1-5-6-9-7-19-8-10(9)20-13(18)15-11(12(16)17)14(2,3)4/h5,9-11H,1,6-8H2,2-4H3,(H,15,18)(H,16,17)/t9?,10?,11-/m1/s1. The van der Waals surface area contributed by atoms with Gasteiger partial charge in [-0.2, -0.15) is 0 Å². The molecule has 0 aliphatic carbocycles. The largest absolute Gasteiger partial charge is 0.480 e. The van der Waals surface area contributed by atoms with Crippen LogP contribution in [-0.2, 0) is 14.3 Å². The molecule has 1 heterocycles. The highest BCUT2D eigenvalue weighted by atomic mass is 16.6. The van der Waals surface area contributed by atoms with Crippen molar-refractivity contribution in [1.82, 2.24) is 5.32 Å². The van der Waals surface area contributed by atoms with E-state index in [0.29, 0.717) is 19.6 Å². The third-order valence-corrected chi connectivity index (χ3v) is 3.24. The van der Waals surface area contributed by atoms with Crippen LogP contribution in [0.15, 0.2) is 12.7 Å². The van der Waals surface area contributed by atoms with Crippen LogP contribution in [-0.4, -0.2) is 42.5 Å². The van der Waals surface area contributed by atoms with Gasteiger partial charge in [-0.25, -0.2) is 9.59 Å². The molecule has 6 heteroatoms. The summed E-state index contributed by atoms with van der Waals surface area (Å²) in [6.45, 7) is 9.73. The van der Waals surface area contributed by atoms with Crippen molar-refractivity contribution in [2.24, 2.45) is 11.3 Å². The van der Waals surface area contributed by atoms with Crippen molar-refractivity contribution in [1.29, 1.82) is 0 Å². The minimum atomic E-state index is -1.08. The quantitative estimate of drug-likeness (QED) is 0.752. The Bertz CT molecular complexity index is 374. The van der Waals surface area contributed by atoms with E-state index in [-0.39, 0.29) is 12.0 Å². The Morgan fingerprint density at radius 1 is 1.50 bits per heavy atom. The number of carboxylic acid groups (broad SMARTS) is 1. The summed E-state index contributed by atoms with van der Waals surface area (Å²) in [6.07, 6.45) is 1.36. The van der Waals surface area contributed by atoms with E-state index in [1.165, 1.54) is 0 Å². The van der Waals surface area contributed by atoms with Crippen LogP contribution in [0, 0.1) is 11.3 Å². The molecule has 1 rings (SSSR count). The lowest BCUT2D eigenvalue weighted by Crippen LogP contribution is -2.50. The number of rotatable bonds is 5. The zero-order valence-corrected chi connectivity index (χ0v) is 12.2. The van der Waals surface area contributed by atoms with E-state index in [0.717, 1.165) is 0 Å². The van der Waals surface area contributed by atoms with E-state index in [4.69, 9.17) is 14.6 Å². The summed E-state index contributed by atoms with van der Waals surface area (Å²) in [5, 5.41) is 11.6. The van der Waals surface area contributed by atoms with Crippen LogP contribution in [0.25, 0.3) is 0 Å². The summed E-state index contributed by atoms with van der Waals surface area (Å²) in [7, 11) is 0. The molecule has 114 valence electrons. The molecule has 3 atom stereocenters. The fraction of sp³-hybridized carbons (Fsp3) is 0.714. The fourth-order valence-corrected chi connectivity index (χ4v) is 2.08. The van der Waals surface area contributed by atoms with Gasteiger partial charge in [-0.05, 0) is 11.8 Å². The van der Waals surface area contributed by atoms with Crippen molar-refractivity contribution >= 4 is 12.1 Å². The second-order valence-electron chi connectivity index (χ2n) is 6.05. The van der Waals surface area contributed by atoms with E-state index in [1.807, 2.05) is 0 Å². The number of carbonyl (C=O) groups excluding carboxylic acids is 1. The Kier molecular flexibility index (Phi) is 5.56. The summed E-state index contributed by atoms with van der Waals surface area (Å²) >= 11 is 0. The van der Waals surface area contributed by atoms with Gasteiger partial charge in [0.15, 0.2) is 0 Å². The summed E-state index contributed by atoms with van der Waals surface area (Å²) in [6, 6.07) is -1.00. The molecule has 0 aromatic rings. The summed E-state index contributed by atoms with van der Waals surface area (Å²) in [5.41, 5.74) is -0.600. The van der Waals surface area contributed by atoms with Crippen LogP contribution in [0.2, 0.25) is 0 Å². The molecular formula is C14H23NO5. The van der Waals surface area contributed by atoms with Crippen molar-refractivity contribution in [3.63, 3.8) is 0 Å². The maximum Gasteiger partial charge on any atom is 0.408 e. The van der Waals surface area contributed by atoms with Gasteiger partial charge in [-0.15, -0.1) is 6.58 Å². The third kappa shape index (κ3) is 4.52. The molecule has 2 N–H and O–H groups in total. The maximum absolute atomic E-state index is 11.8. The molecule has 0 bridgehead atoms. The molecular weight excluding hydrogens is 262 g/mol. The predicted molar refractivity (Wildman–Crippen MR) is 73.4 cm³/mol. The number of aliphatic carboxylic acids is 1. The first-order chi connectivity index (χ1) is 9.25. The smallest absolute Gasteiger partial charge is 0.408 e. The summed E-state index contributed by atoms with van der Waals surface area (Å²) < 4.78 is 10.5. The van der Waals surface area contributed by atoms with Crippen LogP contribution < -0.4 is 5.32 Å². The van der Waals surface area contributed by atoms with Gasteiger partial charge in [0.1, 0.15) is 12.1 Å². The molecule has 0 aromatic carbocycles. The summed E-state index contributed by atoms with van der Waals surface area (Å²) in [4.78, 5) is 23.0. The Hall–Kier alpha value is -1.56. The van der Waals surface area contributed by atoms with E-state index in [2.05, 4.69) is 11.9 Å². The predicted octanol–water partition coefficient (Wildman–Crippen LogP) is 1.80. The number of carbonyl (C=O) groups is 2. The first-order valence-corrected chi connectivity index (χ1v) is 6.64. The molecule has 1 aliphatic heterocycles. The molecule has 6 nitrogen and oxygen atoms in total. The van der Waals surface area contributed by atoms with Crippen LogP contribution in [0.4, 0.5) is 4.79 Å². The molecule has 1 saturated heterocycles. The van der Waals surface area contributed by atoms with Gasteiger partial charge in [-0.3, -0.25) is 0 Å². The zero-order chi connectivity index (χ0) is 15.3. The van der Waals surface area contributed by atoms with Gasteiger partial charge in [0, 0.05) is 5.92 Å². The molecule has 0 saturated carbocycles. The van der Waals surface area contributed by atoms with Gasteiger partial charge < -0.3 is 19.9 Å². The van der Waals surface area contributed by atoms with Gasteiger partial charge in [0.2, 0.25) is 0 Å². The Morgan fingerprint density at radius 3 is 2.65 bits per heavy atom. The normalized spacial score (nSPS) is 23.9. The number of amides is 1. The lowest BCUT2D eigenvalue weighted by Gasteiger charge is -2.28. The number of allylic oxidation sites excluding steroid dienone is 1. The van der Waals surface area contributed by atoms with Crippen LogP contribution >= 0.6 is 0 Å². The van der Waals surface area contributed by atoms with Crippen molar-refractivity contribution in [2.75, 3.05) is 13.2 Å². The van der Waals surface area contributed by atoms with Crippen LogP contribution in [0.3, 0.4) is 0 Å². The van der Waals surface area contributed by atoms with E-state index in [1.54, 1.807) is 26.8 Å². The van der Waals surface area contributed by atoms with E-state index in [9.17, 15) is 9.59 Å². The van der Waals surface area contributed by atoms with Gasteiger partial charge in [0.25, 0.3) is 0 Å². The lowest BCUT2D eigenvalue weighted by atomic mass is 9.87. The highest BCUT2D eigenvalue weighted by Gasteiger charge is 2.35.